The van der Waals surface area contributed by atoms with Gasteiger partial charge >= 0.3 is 0 Å². The summed E-state index contributed by atoms with van der Waals surface area (Å²) in [7, 11) is 0. The van der Waals surface area contributed by atoms with Gasteiger partial charge in [-0.2, -0.15) is 5.10 Å². The molecule has 188 valence electrons. The fourth-order valence-corrected chi connectivity index (χ4v) is 5.84. The molecule has 1 unspecified atom stereocenters. The highest BCUT2D eigenvalue weighted by atomic mass is 127. The Morgan fingerprint density at radius 3 is 2.63 bits per heavy atom. The Morgan fingerprint density at radius 1 is 1.14 bits per heavy atom. The molecule has 2 aliphatic heterocycles. The molecule has 2 aromatic carbocycles. The van der Waals surface area contributed by atoms with E-state index in [0.29, 0.717) is 34.4 Å². The molecule has 1 N–H and O–H groups in total. The second kappa shape index (κ2) is 12.1. The molecule has 2 aromatic rings. The third-order valence-corrected chi connectivity index (χ3v) is 8.32. The van der Waals surface area contributed by atoms with Crippen LogP contribution in [-0.4, -0.2) is 67.3 Å². The zero-order valence-electron chi connectivity index (χ0n) is 19.6. The van der Waals surface area contributed by atoms with Crippen LogP contribution in [0.1, 0.15) is 34.9 Å². The van der Waals surface area contributed by atoms with Crippen LogP contribution in [0.25, 0.3) is 0 Å². The number of anilines is 1. The number of hydrazone groups is 1. The van der Waals surface area contributed by atoms with Crippen LogP contribution in [-0.2, 0) is 4.79 Å². The summed E-state index contributed by atoms with van der Waals surface area (Å²) in [5, 5.41) is 10.7. The van der Waals surface area contributed by atoms with Crippen molar-refractivity contribution in [2.24, 2.45) is 5.10 Å². The molecule has 2 heterocycles. The number of nitrogens with one attached hydrogen (secondary N) is 1. The fourth-order valence-electron chi connectivity index (χ4n) is 4.51. The lowest BCUT2D eigenvalue weighted by Gasteiger charge is -2.37. The first-order chi connectivity index (χ1) is 16.9. The van der Waals surface area contributed by atoms with E-state index in [4.69, 9.17) is 28.3 Å². The van der Waals surface area contributed by atoms with Crippen molar-refractivity contribution in [1.82, 2.24) is 15.2 Å². The van der Waals surface area contributed by atoms with Gasteiger partial charge in [0.05, 0.1) is 22.2 Å². The zero-order chi connectivity index (χ0) is 24.9. The molecule has 4 rings (SSSR count). The van der Waals surface area contributed by atoms with Gasteiger partial charge < -0.3 is 10.2 Å². The SMILES string of the molecule is CCNC(=O)CC1=NN(CCCN2CCN(c3ccc(Cl)c(Cl)c3)CC2)C(I)c2c(F)cccc21. The highest BCUT2D eigenvalue weighted by Crippen LogP contribution is 2.37. The zero-order valence-corrected chi connectivity index (χ0v) is 23.3. The highest BCUT2D eigenvalue weighted by molar-refractivity contribution is 14.1. The van der Waals surface area contributed by atoms with Crippen LogP contribution in [0.15, 0.2) is 41.5 Å². The van der Waals surface area contributed by atoms with Crippen LogP contribution in [0.3, 0.4) is 0 Å². The van der Waals surface area contributed by atoms with E-state index in [2.05, 4.69) is 37.7 Å². The van der Waals surface area contributed by atoms with E-state index < -0.39 is 0 Å². The number of hydrogen-bond acceptors (Lipinski definition) is 5. The molecule has 35 heavy (non-hydrogen) atoms. The van der Waals surface area contributed by atoms with Crippen molar-refractivity contribution >= 4 is 63.1 Å². The quantitative estimate of drug-likeness (QED) is 0.243. The predicted octanol–water partition coefficient (Wildman–Crippen LogP) is 5.32. The number of alkyl halides is 1. The first kappa shape index (κ1) is 26.4. The van der Waals surface area contributed by atoms with E-state index in [1.54, 1.807) is 6.07 Å². The second-order valence-corrected chi connectivity index (χ2v) is 10.7. The van der Waals surface area contributed by atoms with Crippen LogP contribution in [0, 0.1) is 5.82 Å². The molecule has 1 atom stereocenters. The van der Waals surface area contributed by atoms with Crippen molar-refractivity contribution in [1.29, 1.82) is 0 Å². The van der Waals surface area contributed by atoms with Gasteiger partial charge in [0.15, 0.2) is 0 Å². The van der Waals surface area contributed by atoms with Gasteiger partial charge in [0.1, 0.15) is 9.87 Å². The second-order valence-electron chi connectivity index (χ2n) is 8.66. The highest BCUT2D eigenvalue weighted by Gasteiger charge is 2.30. The number of piperazine rings is 1. The number of hydrogen-bond donors (Lipinski definition) is 1. The summed E-state index contributed by atoms with van der Waals surface area (Å²) < 4.78 is 14.6. The van der Waals surface area contributed by atoms with Crippen LogP contribution >= 0.6 is 45.8 Å². The Labute approximate surface area is 229 Å². The average molecular weight is 632 g/mol. The molecule has 1 saturated heterocycles. The summed E-state index contributed by atoms with van der Waals surface area (Å²) in [5.74, 6) is -0.359. The summed E-state index contributed by atoms with van der Waals surface area (Å²) in [5.41, 5.74) is 3.05. The van der Waals surface area contributed by atoms with Gasteiger partial charge in [-0.3, -0.25) is 14.7 Å². The van der Waals surface area contributed by atoms with Gasteiger partial charge in [0, 0.05) is 62.6 Å². The van der Waals surface area contributed by atoms with Gasteiger partial charge in [-0.15, -0.1) is 0 Å². The predicted molar refractivity (Wildman–Crippen MR) is 149 cm³/mol. The van der Waals surface area contributed by atoms with E-state index >= 15 is 0 Å². The molecule has 6 nitrogen and oxygen atoms in total. The van der Waals surface area contributed by atoms with Crippen molar-refractivity contribution < 1.29 is 9.18 Å². The average Bonchev–Trinajstić information content (AvgIpc) is 2.84. The molecule has 0 radical (unpaired) electrons. The van der Waals surface area contributed by atoms with Crippen molar-refractivity contribution in [3.63, 3.8) is 0 Å². The van der Waals surface area contributed by atoms with Gasteiger partial charge in [0.2, 0.25) is 5.91 Å². The van der Waals surface area contributed by atoms with E-state index in [9.17, 15) is 9.18 Å². The van der Waals surface area contributed by atoms with Gasteiger partial charge in [-0.25, -0.2) is 4.39 Å². The van der Waals surface area contributed by atoms with Gasteiger partial charge in [-0.1, -0.05) is 57.9 Å². The van der Waals surface area contributed by atoms with E-state index in [1.807, 2.05) is 36.2 Å². The normalized spacial score (nSPS) is 18.3. The minimum atomic E-state index is -0.256. The Morgan fingerprint density at radius 2 is 1.91 bits per heavy atom. The maximum absolute atomic E-state index is 14.8. The number of amides is 1. The lowest BCUT2D eigenvalue weighted by Crippen LogP contribution is -2.47. The van der Waals surface area contributed by atoms with Crippen LogP contribution < -0.4 is 10.2 Å². The molecule has 1 fully saturated rings. The number of rotatable bonds is 8. The third kappa shape index (κ3) is 6.39. The molecule has 1 amide bonds. The molecule has 10 heteroatoms. The lowest BCUT2D eigenvalue weighted by molar-refractivity contribution is -0.119. The van der Waals surface area contributed by atoms with Crippen LogP contribution in [0.4, 0.5) is 10.1 Å². The summed E-state index contributed by atoms with van der Waals surface area (Å²) in [4.78, 5) is 17.0. The smallest absolute Gasteiger partial charge is 0.226 e. The van der Waals surface area contributed by atoms with Crippen molar-refractivity contribution in [3.05, 3.63) is 63.4 Å². The Hall–Kier alpha value is -1.62. The van der Waals surface area contributed by atoms with Gasteiger partial charge in [0.25, 0.3) is 0 Å². The Balaban J connectivity index is 1.34. The first-order valence-electron chi connectivity index (χ1n) is 11.8. The minimum absolute atomic E-state index is 0.104. The molecular formula is C25H29Cl2FIN5O. The number of halogens is 4. The van der Waals surface area contributed by atoms with Crippen molar-refractivity contribution in [2.75, 3.05) is 50.7 Å². The first-order valence-corrected chi connectivity index (χ1v) is 13.8. The molecule has 0 aromatic heterocycles. The summed E-state index contributed by atoms with van der Waals surface area (Å²) in [6.07, 6.45) is 1.04. The lowest BCUT2D eigenvalue weighted by atomic mass is 9.98. The van der Waals surface area contributed by atoms with Crippen LogP contribution in [0.2, 0.25) is 10.0 Å². The number of benzene rings is 2. The molecule has 0 spiro atoms. The van der Waals surface area contributed by atoms with Gasteiger partial charge in [-0.05, 0) is 37.6 Å². The maximum atomic E-state index is 14.8. The maximum Gasteiger partial charge on any atom is 0.226 e. The summed E-state index contributed by atoms with van der Waals surface area (Å²) in [6, 6.07) is 10.8. The van der Waals surface area contributed by atoms with E-state index in [1.165, 1.54) is 6.07 Å². The monoisotopic (exact) mass is 631 g/mol. The standard InChI is InChI=1S/C25H29Cl2FIN5O/c1-2-30-23(35)16-22-18-5-3-6-21(28)24(18)25(29)34(31-22)10-4-9-32-11-13-33(14-12-32)17-7-8-19(26)20(27)15-17/h3,5-8,15,25H,2,4,9-14,16H2,1H3,(H,30,35). The molecule has 2 aliphatic rings. The third-order valence-electron chi connectivity index (χ3n) is 6.32. The molecule has 0 aliphatic carbocycles. The molecule has 0 bridgehead atoms. The number of nitrogens with zero attached hydrogens (tertiary/aromatic N) is 4. The minimum Gasteiger partial charge on any atom is -0.369 e. The molecule has 0 saturated carbocycles. The largest absolute Gasteiger partial charge is 0.369 e. The number of carbonyl (C=O) groups is 1. The summed E-state index contributed by atoms with van der Waals surface area (Å²) in [6.45, 7) is 7.81. The van der Waals surface area contributed by atoms with Crippen LogP contribution in [0.5, 0.6) is 0 Å². The molecular weight excluding hydrogens is 603 g/mol. The Kier molecular flexibility index (Phi) is 9.13. The summed E-state index contributed by atoms with van der Waals surface area (Å²) >= 11 is 14.5. The van der Waals surface area contributed by atoms with Crippen molar-refractivity contribution in [2.45, 2.75) is 23.8 Å². The van der Waals surface area contributed by atoms with E-state index in [0.717, 1.165) is 50.4 Å². The van der Waals surface area contributed by atoms with Crippen molar-refractivity contribution in [3.8, 4) is 0 Å². The topological polar surface area (TPSA) is 51.2 Å². The Bertz CT molecular complexity index is 1090. The fraction of sp³-hybridized carbons (Fsp3) is 0.440. The number of carbonyl (C=O) groups excluding carboxylic acids is 1. The van der Waals surface area contributed by atoms with E-state index in [-0.39, 0.29) is 22.2 Å². The number of fused-ring (bicyclic) bond motifs is 1.